The van der Waals surface area contributed by atoms with Gasteiger partial charge in [-0.3, -0.25) is 39.1 Å². The first-order valence-electron chi connectivity index (χ1n) is 21.3. The van der Waals surface area contributed by atoms with E-state index >= 15 is 4.39 Å². The highest BCUT2D eigenvalue weighted by atomic mass is 35.5. The van der Waals surface area contributed by atoms with Crippen LogP contribution >= 0.6 is 11.6 Å². The number of aromatic nitrogens is 2. The fraction of sp³-hybridized carbons (Fsp3) is 0.500. The van der Waals surface area contributed by atoms with E-state index < -0.39 is 35.5 Å². The fourth-order valence-electron chi connectivity index (χ4n) is 10.3. The van der Waals surface area contributed by atoms with Gasteiger partial charge in [-0.2, -0.15) is 5.26 Å². The van der Waals surface area contributed by atoms with Crippen molar-refractivity contribution in [3.05, 3.63) is 75.9 Å². The molecule has 15 nitrogen and oxygen atoms in total. The van der Waals surface area contributed by atoms with Gasteiger partial charge in [-0.15, -0.1) is 0 Å². The number of fused-ring (bicyclic) bond motifs is 1. The fourth-order valence-corrected chi connectivity index (χ4v) is 10.6. The number of halogens is 2. The quantitative estimate of drug-likeness (QED) is 0.339. The lowest BCUT2D eigenvalue weighted by Crippen LogP contribution is -2.54. The summed E-state index contributed by atoms with van der Waals surface area (Å²) < 4.78 is 15.5. The summed E-state index contributed by atoms with van der Waals surface area (Å²) >= 11 is 6.36. The van der Waals surface area contributed by atoms with E-state index in [2.05, 4.69) is 43.0 Å². The number of piperazine rings is 1. The largest absolute Gasteiger partial charge is 0.368 e. The summed E-state index contributed by atoms with van der Waals surface area (Å²) in [5, 5.41) is 11.9. The van der Waals surface area contributed by atoms with Gasteiger partial charge in [0.1, 0.15) is 29.4 Å². The molecule has 0 aliphatic carbocycles. The molecule has 5 amide bonds. The number of hydrogen-bond donors (Lipinski definition) is 1. The van der Waals surface area contributed by atoms with Crippen molar-refractivity contribution in [3.63, 3.8) is 0 Å². The maximum Gasteiger partial charge on any atom is 0.274 e. The highest BCUT2D eigenvalue weighted by Gasteiger charge is 2.46. The van der Waals surface area contributed by atoms with Gasteiger partial charge in [0.25, 0.3) is 17.7 Å². The normalized spacial score (nSPS) is 23.5. The number of benzene rings is 2. The summed E-state index contributed by atoms with van der Waals surface area (Å²) in [6.07, 6.45) is 8.24. The minimum absolute atomic E-state index is 0.0112. The van der Waals surface area contributed by atoms with Gasteiger partial charge in [0.15, 0.2) is 0 Å². The molecule has 6 aliphatic heterocycles. The van der Waals surface area contributed by atoms with Gasteiger partial charge in [-0.1, -0.05) is 11.6 Å². The summed E-state index contributed by atoms with van der Waals surface area (Å²) in [5.74, 6) is -2.07. The van der Waals surface area contributed by atoms with Gasteiger partial charge in [0, 0.05) is 83.6 Å². The van der Waals surface area contributed by atoms with Crippen molar-refractivity contribution in [1.82, 2.24) is 30.0 Å². The van der Waals surface area contributed by atoms with Crippen LogP contribution in [-0.2, 0) is 9.59 Å². The number of amides is 5. The number of hydrogen-bond acceptors (Lipinski definition) is 12. The Morgan fingerprint density at radius 2 is 1.64 bits per heavy atom. The van der Waals surface area contributed by atoms with Crippen molar-refractivity contribution in [2.75, 3.05) is 80.1 Å². The van der Waals surface area contributed by atoms with Crippen LogP contribution in [0, 0.1) is 28.5 Å². The van der Waals surface area contributed by atoms with Crippen molar-refractivity contribution < 1.29 is 28.4 Å². The molecular formula is C44H48ClFN10O5. The molecule has 318 valence electrons. The predicted molar refractivity (Wildman–Crippen MR) is 224 cm³/mol. The minimum Gasteiger partial charge on any atom is -0.368 e. The maximum atomic E-state index is 15.5. The van der Waals surface area contributed by atoms with E-state index in [4.69, 9.17) is 11.6 Å². The van der Waals surface area contributed by atoms with E-state index in [0.717, 1.165) is 80.8 Å². The van der Waals surface area contributed by atoms with Crippen LogP contribution < -0.4 is 20.0 Å². The summed E-state index contributed by atoms with van der Waals surface area (Å²) in [4.78, 5) is 84.8. The molecule has 7 heterocycles. The Balaban J connectivity index is 0.725. The zero-order valence-corrected chi connectivity index (χ0v) is 34.9. The third-order valence-electron chi connectivity index (χ3n) is 13.8. The Bertz CT molecular complexity index is 2320. The van der Waals surface area contributed by atoms with Crippen LogP contribution in [0.25, 0.3) is 0 Å². The number of anilines is 3. The van der Waals surface area contributed by atoms with E-state index in [9.17, 15) is 29.2 Å². The molecule has 61 heavy (non-hydrogen) atoms. The molecule has 0 bridgehead atoms. The number of piperidine rings is 3. The van der Waals surface area contributed by atoms with Crippen LogP contribution in [0.2, 0.25) is 5.02 Å². The molecule has 1 N–H and O–H groups in total. The number of nitrogens with zero attached hydrogens (tertiary/aromatic N) is 9. The van der Waals surface area contributed by atoms with Crippen molar-refractivity contribution in [2.45, 2.75) is 64.0 Å². The number of nitriles is 1. The second-order valence-electron chi connectivity index (χ2n) is 17.5. The lowest BCUT2D eigenvalue weighted by molar-refractivity contribution is -0.136. The van der Waals surface area contributed by atoms with Crippen LogP contribution in [0.3, 0.4) is 0 Å². The van der Waals surface area contributed by atoms with Crippen molar-refractivity contribution in [3.8, 4) is 6.07 Å². The average Bonchev–Trinajstić information content (AvgIpc) is 3.71. The molecule has 2 atom stereocenters. The Kier molecular flexibility index (Phi) is 10.9. The number of carbonyl (C=O) groups excluding carboxylic acids is 5. The van der Waals surface area contributed by atoms with Gasteiger partial charge in [0.05, 0.1) is 39.8 Å². The molecule has 3 aromatic rings. The summed E-state index contributed by atoms with van der Waals surface area (Å²) in [6, 6.07) is 9.59. The Morgan fingerprint density at radius 1 is 0.918 bits per heavy atom. The molecule has 0 radical (unpaired) electrons. The van der Waals surface area contributed by atoms with Crippen LogP contribution in [0.5, 0.6) is 0 Å². The third kappa shape index (κ3) is 7.78. The van der Waals surface area contributed by atoms with Gasteiger partial charge >= 0.3 is 0 Å². The SMILES string of the molecule is C[C@H]1CC2(CCN(c3cnc(C(=O)N4CCC(CN5CCN(c6cc7c(cc6F)C(=O)N(C6CCC(=O)NC6=O)C7=O)CC5)CC4)cn3)CC2)CN1c1ccc(C#N)c(Cl)c1. The average molecular weight is 851 g/mol. The zero-order valence-electron chi connectivity index (χ0n) is 34.1. The molecule has 9 rings (SSSR count). The smallest absolute Gasteiger partial charge is 0.274 e. The Labute approximate surface area is 358 Å². The molecule has 1 spiro atoms. The van der Waals surface area contributed by atoms with Crippen LogP contribution in [0.15, 0.2) is 42.7 Å². The molecule has 5 saturated heterocycles. The second-order valence-corrected chi connectivity index (χ2v) is 17.9. The monoisotopic (exact) mass is 850 g/mol. The highest BCUT2D eigenvalue weighted by molar-refractivity contribution is 6.32. The number of carbonyl (C=O) groups is 5. The second kappa shape index (κ2) is 16.3. The third-order valence-corrected chi connectivity index (χ3v) is 14.1. The van der Waals surface area contributed by atoms with Gasteiger partial charge in [0.2, 0.25) is 11.8 Å². The maximum absolute atomic E-state index is 15.5. The highest BCUT2D eigenvalue weighted by Crippen LogP contribution is 2.46. The van der Waals surface area contributed by atoms with E-state index in [1.807, 2.05) is 21.9 Å². The lowest BCUT2D eigenvalue weighted by atomic mass is 9.77. The van der Waals surface area contributed by atoms with Crippen LogP contribution in [-0.4, -0.2) is 132 Å². The lowest BCUT2D eigenvalue weighted by Gasteiger charge is -2.40. The number of imide groups is 2. The number of rotatable bonds is 7. The van der Waals surface area contributed by atoms with E-state index in [1.54, 1.807) is 18.5 Å². The van der Waals surface area contributed by atoms with E-state index in [0.29, 0.717) is 67.5 Å². The van der Waals surface area contributed by atoms with E-state index in [1.165, 1.54) is 6.07 Å². The van der Waals surface area contributed by atoms with Crippen LogP contribution in [0.4, 0.5) is 21.6 Å². The summed E-state index contributed by atoms with van der Waals surface area (Å²) in [6.45, 7) is 9.50. The topological polar surface area (TPSA) is 166 Å². The first-order chi connectivity index (χ1) is 29.4. The first kappa shape index (κ1) is 40.7. The predicted octanol–water partition coefficient (Wildman–Crippen LogP) is 4.10. The summed E-state index contributed by atoms with van der Waals surface area (Å²) in [7, 11) is 0. The summed E-state index contributed by atoms with van der Waals surface area (Å²) in [5.41, 5.74) is 2.32. The first-order valence-corrected chi connectivity index (χ1v) is 21.6. The van der Waals surface area contributed by atoms with Gasteiger partial charge in [-0.25, -0.2) is 14.4 Å². The molecule has 0 saturated carbocycles. The molecule has 17 heteroatoms. The Hall–Kier alpha value is -5.66. The molecular weight excluding hydrogens is 803 g/mol. The molecule has 6 aliphatic rings. The van der Waals surface area contributed by atoms with Crippen molar-refractivity contribution >= 4 is 58.3 Å². The minimum atomic E-state index is -1.11. The Morgan fingerprint density at radius 3 is 2.30 bits per heavy atom. The molecule has 5 fully saturated rings. The zero-order chi connectivity index (χ0) is 42.6. The number of nitrogens with one attached hydrogen (secondary N) is 1. The van der Waals surface area contributed by atoms with Gasteiger partial charge in [-0.05, 0) is 87.1 Å². The molecule has 1 aromatic heterocycles. The molecule has 2 aromatic carbocycles. The van der Waals surface area contributed by atoms with Crippen molar-refractivity contribution in [1.29, 1.82) is 5.26 Å². The van der Waals surface area contributed by atoms with Gasteiger partial charge < -0.3 is 19.6 Å². The number of likely N-dealkylation sites (tertiary alicyclic amines) is 1. The van der Waals surface area contributed by atoms with Crippen LogP contribution in [0.1, 0.15) is 88.6 Å². The van der Waals surface area contributed by atoms with E-state index in [-0.39, 0.29) is 41.0 Å². The molecule has 1 unspecified atom stereocenters. The standard InChI is InChI=1S/C44H48ClFN10O5/c1-27-21-44(26-55(27)30-3-2-29(22-47)33(45)18-30)8-12-53(13-9-44)38-24-48-35(23-49-38)43(61)54-10-6-28(7-11-54)25-51-14-16-52(17-15-51)37-20-32-31(19-34(37)46)41(59)56(42(32)60)36-4-5-39(57)50-40(36)58/h2-3,18-20,23-24,27-28,36H,4-17,21,25-26H2,1H3,(H,50,57,58)/t27-,36?/m0/s1. The van der Waals surface area contributed by atoms with Crippen molar-refractivity contribution in [2.24, 2.45) is 11.3 Å².